The van der Waals surface area contributed by atoms with Crippen molar-refractivity contribution >= 4 is 5.78 Å². The third-order valence-electron chi connectivity index (χ3n) is 3.61. The average molecular weight is 332 g/mol. The lowest BCUT2D eigenvalue weighted by molar-refractivity contribution is 0.102. The van der Waals surface area contributed by atoms with Crippen LogP contribution in [0.5, 0.6) is 23.0 Å². The molecule has 2 aromatic rings. The van der Waals surface area contributed by atoms with Gasteiger partial charge < -0.3 is 24.1 Å². The highest BCUT2D eigenvalue weighted by Gasteiger charge is 2.24. The van der Waals surface area contributed by atoms with Gasteiger partial charge in [-0.05, 0) is 23.8 Å². The molecule has 0 aliphatic heterocycles. The van der Waals surface area contributed by atoms with E-state index in [0.717, 1.165) is 0 Å². The van der Waals surface area contributed by atoms with Gasteiger partial charge in [0.05, 0.1) is 39.1 Å². The number of carbonyl (C=O) groups is 1. The Hall–Kier alpha value is -2.73. The van der Waals surface area contributed by atoms with Crippen LogP contribution in [0.3, 0.4) is 0 Å². The second kappa shape index (κ2) is 7.70. The molecule has 0 unspecified atom stereocenters. The fourth-order valence-electron chi connectivity index (χ4n) is 2.46. The molecule has 0 saturated carbocycles. The van der Waals surface area contributed by atoms with Crippen LogP contribution in [-0.4, -0.2) is 39.3 Å². The highest BCUT2D eigenvalue weighted by Crippen LogP contribution is 2.36. The van der Waals surface area contributed by atoms with Gasteiger partial charge in [-0.25, -0.2) is 0 Å². The Balaban J connectivity index is 2.63. The molecule has 0 aliphatic rings. The number of phenolic OH excluding ortho intramolecular Hbond substituents is 1. The minimum atomic E-state index is -0.339. The molecular weight excluding hydrogens is 312 g/mol. The summed E-state index contributed by atoms with van der Waals surface area (Å²) in [5.41, 5.74) is 1.18. The van der Waals surface area contributed by atoms with E-state index in [1.807, 2.05) is 0 Å². The maximum Gasteiger partial charge on any atom is 0.200 e. The summed E-state index contributed by atoms with van der Waals surface area (Å²) in [6.45, 7) is 0.205. The molecule has 0 radical (unpaired) electrons. The standard InChI is InChI=1S/C18H20O6/c1-21-10-11-5-8-14(19)18(24-4)16(11)17(20)13-7-6-12(22-2)9-15(13)23-3/h5-9,19H,10H2,1-4H3. The van der Waals surface area contributed by atoms with Crippen molar-refractivity contribution in [1.29, 1.82) is 0 Å². The van der Waals surface area contributed by atoms with Crippen molar-refractivity contribution in [2.45, 2.75) is 6.61 Å². The number of benzene rings is 2. The Labute approximate surface area is 140 Å². The van der Waals surface area contributed by atoms with Crippen LogP contribution in [0.15, 0.2) is 30.3 Å². The third kappa shape index (κ3) is 3.28. The van der Waals surface area contributed by atoms with Crippen LogP contribution < -0.4 is 14.2 Å². The molecule has 0 spiro atoms. The van der Waals surface area contributed by atoms with E-state index >= 15 is 0 Å². The van der Waals surface area contributed by atoms with Gasteiger partial charge in [-0.3, -0.25) is 4.79 Å². The van der Waals surface area contributed by atoms with Crippen molar-refractivity contribution in [2.24, 2.45) is 0 Å². The van der Waals surface area contributed by atoms with Gasteiger partial charge in [0.25, 0.3) is 0 Å². The van der Waals surface area contributed by atoms with Crippen molar-refractivity contribution in [3.63, 3.8) is 0 Å². The topological polar surface area (TPSA) is 74.2 Å². The first-order valence-corrected chi connectivity index (χ1v) is 7.21. The molecule has 24 heavy (non-hydrogen) atoms. The number of hydrogen-bond donors (Lipinski definition) is 1. The summed E-state index contributed by atoms with van der Waals surface area (Å²) >= 11 is 0. The van der Waals surface area contributed by atoms with Gasteiger partial charge in [-0.1, -0.05) is 6.07 Å². The minimum Gasteiger partial charge on any atom is -0.504 e. The van der Waals surface area contributed by atoms with E-state index in [1.165, 1.54) is 34.5 Å². The van der Waals surface area contributed by atoms with Crippen molar-refractivity contribution in [1.82, 2.24) is 0 Å². The number of ketones is 1. The van der Waals surface area contributed by atoms with E-state index < -0.39 is 0 Å². The molecule has 6 heteroatoms. The van der Waals surface area contributed by atoms with E-state index in [4.69, 9.17) is 18.9 Å². The Morgan fingerprint density at radius 2 is 1.75 bits per heavy atom. The summed E-state index contributed by atoms with van der Waals surface area (Å²) in [5.74, 6) is 0.589. The van der Waals surface area contributed by atoms with Gasteiger partial charge in [0, 0.05) is 13.2 Å². The zero-order valence-corrected chi connectivity index (χ0v) is 14.1. The second-order valence-corrected chi connectivity index (χ2v) is 4.98. The van der Waals surface area contributed by atoms with E-state index in [1.54, 1.807) is 24.3 Å². The van der Waals surface area contributed by atoms with Crippen molar-refractivity contribution in [3.05, 3.63) is 47.0 Å². The van der Waals surface area contributed by atoms with Gasteiger partial charge in [-0.15, -0.1) is 0 Å². The summed E-state index contributed by atoms with van der Waals surface area (Å²) in [7, 11) is 5.93. The Bertz CT molecular complexity index is 739. The maximum absolute atomic E-state index is 13.1. The molecule has 2 rings (SSSR count). The van der Waals surface area contributed by atoms with Gasteiger partial charge in [0.1, 0.15) is 11.5 Å². The summed E-state index contributed by atoms with van der Waals surface area (Å²) in [5, 5.41) is 10.0. The fourth-order valence-corrected chi connectivity index (χ4v) is 2.46. The fraction of sp³-hybridized carbons (Fsp3) is 0.278. The second-order valence-electron chi connectivity index (χ2n) is 4.98. The first-order valence-electron chi connectivity index (χ1n) is 7.21. The van der Waals surface area contributed by atoms with E-state index in [2.05, 4.69) is 0 Å². The third-order valence-corrected chi connectivity index (χ3v) is 3.61. The molecule has 2 aromatic carbocycles. The summed E-state index contributed by atoms with van der Waals surface area (Å²) in [6, 6.07) is 8.00. The number of ether oxygens (including phenoxy) is 4. The molecule has 128 valence electrons. The molecule has 0 aromatic heterocycles. The largest absolute Gasteiger partial charge is 0.504 e. The van der Waals surface area contributed by atoms with Crippen molar-refractivity contribution in [3.8, 4) is 23.0 Å². The van der Waals surface area contributed by atoms with Gasteiger partial charge in [0.15, 0.2) is 11.5 Å². The van der Waals surface area contributed by atoms with Crippen LogP contribution in [0.4, 0.5) is 0 Å². The number of hydrogen-bond acceptors (Lipinski definition) is 6. The molecule has 0 bridgehead atoms. The Morgan fingerprint density at radius 3 is 2.33 bits per heavy atom. The molecule has 0 atom stereocenters. The molecule has 0 heterocycles. The van der Waals surface area contributed by atoms with Crippen LogP contribution in [0.2, 0.25) is 0 Å². The van der Waals surface area contributed by atoms with E-state index in [9.17, 15) is 9.90 Å². The molecule has 0 aliphatic carbocycles. The predicted molar refractivity (Wildman–Crippen MR) is 88.4 cm³/mol. The van der Waals surface area contributed by atoms with Gasteiger partial charge in [-0.2, -0.15) is 0 Å². The highest BCUT2D eigenvalue weighted by atomic mass is 16.5. The highest BCUT2D eigenvalue weighted by molar-refractivity contribution is 6.13. The molecule has 1 N–H and O–H groups in total. The number of aromatic hydroxyl groups is 1. The van der Waals surface area contributed by atoms with Crippen molar-refractivity contribution < 1.29 is 28.8 Å². The van der Waals surface area contributed by atoms with Crippen LogP contribution in [0.25, 0.3) is 0 Å². The maximum atomic E-state index is 13.1. The zero-order chi connectivity index (χ0) is 17.7. The van der Waals surface area contributed by atoms with Crippen LogP contribution in [-0.2, 0) is 11.3 Å². The number of methoxy groups -OCH3 is 4. The minimum absolute atomic E-state index is 0.104. The van der Waals surface area contributed by atoms with E-state index in [-0.39, 0.29) is 29.5 Å². The SMILES string of the molecule is COCc1ccc(O)c(OC)c1C(=O)c1ccc(OC)cc1OC. The van der Waals surface area contributed by atoms with Crippen LogP contribution in [0.1, 0.15) is 21.5 Å². The smallest absolute Gasteiger partial charge is 0.200 e. The molecule has 0 fully saturated rings. The number of carbonyl (C=O) groups excluding carboxylic acids is 1. The Kier molecular flexibility index (Phi) is 5.65. The predicted octanol–water partition coefficient (Wildman–Crippen LogP) is 2.80. The first kappa shape index (κ1) is 17.6. The molecule has 0 amide bonds. The lowest BCUT2D eigenvalue weighted by atomic mass is 9.96. The average Bonchev–Trinajstić information content (AvgIpc) is 2.61. The van der Waals surface area contributed by atoms with Crippen LogP contribution >= 0.6 is 0 Å². The van der Waals surface area contributed by atoms with E-state index in [0.29, 0.717) is 22.6 Å². The summed E-state index contributed by atoms with van der Waals surface area (Å²) < 4.78 is 20.8. The zero-order valence-electron chi connectivity index (χ0n) is 14.1. The van der Waals surface area contributed by atoms with Gasteiger partial charge in [0.2, 0.25) is 5.78 Å². The lowest BCUT2D eigenvalue weighted by Gasteiger charge is -2.16. The first-order chi connectivity index (χ1) is 11.6. The number of rotatable bonds is 7. The number of phenols is 1. The van der Waals surface area contributed by atoms with Crippen molar-refractivity contribution in [2.75, 3.05) is 28.4 Å². The van der Waals surface area contributed by atoms with Gasteiger partial charge >= 0.3 is 0 Å². The molecule has 6 nitrogen and oxygen atoms in total. The Morgan fingerprint density at radius 1 is 1.00 bits per heavy atom. The monoisotopic (exact) mass is 332 g/mol. The quantitative estimate of drug-likeness (QED) is 0.786. The van der Waals surface area contributed by atoms with Crippen LogP contribution in [0, 0.1) is 0 Å². The lowest BCUT2D eigenvalue weighted by Crippen LogP contribution is -2.10. The molecule has 0 saturated heterocycles. The normalized spacial score (nSPS) is 10.3. The summed E-state index contributed by atoms with van der Waals surface area (Å²) in [4.78, 5) is 13.1. The molecular formula is C18H20O6. The summed E-state index contributed by atoms with van der Waals surface area (Å²) in [6.07, 6.45) is 0.